The number of anilines is 1. The predicted octanol–water partition coefficient (Wildman–Crippen LogP) is 4.54. The van der Waals surface area contributed by atoms with Crippen molar-refractivity contribution >= 4 is 35.0 Å². The molecule has 0 bridgehead atoms. The van der Waals surface area contributed by atoms with Crippen molar-refractivity contribution < 1.29 is 19.0 Å². The highest BCUT2D eigenvalue weighted by Crippen LogP contribution is 2.29. The van der Waals surface area contributed by atoms with E-state index in [0.717, 1.165) is 23.6 Å². The predicted molar refractivity (Wildman–Crippen MR) is 130 cm³/mol. The van der Waals surface area contributed by atoms with E-state index in [9.17, 15) is 4.79 Å². The molecule has 0 saturated carbocycles. The number of rotatable bonds is 11. The number of methoxy groups -OCH3 is 2. The molecule has 3 rings (SSSR count). The second-order valence-electron chi connectivity index (χ2n) is 7.22. The maximum Gasteiger partial charge on any atom is 0.234 e. The molecule has 0 radical (unpaired) electrons. The summed E-state index contributed by atoms with van der Waals surface area (Å²) in [6.45, 7) is 2.52. The Morgan fingerprint density at radius 2 is 1.91 bits per heavy atom. The summed E-state index contributed by atoms with van der Waals surface area (Å²) in [4.78, 5) is 12.5. The van der Waals surface area contributed by atoms with Gasteiger partial charge < -0.3 is 24.1 Å². The fourth-order valence-corrected chi connectivity index (χ4v) is 4.06. The van der Waals surface area contributed by atoms with E-state index in [1.807, 2.05) is 36.7 Å². The van der Waals surface area contributed by atoms with Gasteiger partial charge in [0.1, 0.15) is 23.1 Å². The van der Waals surface area contributed by atoms with Gasteiger partial charge in [-0.1, -0.05) is 23.4 Å². The second kappa shape index (κ2) is 11.8. The topological polar surface area (TPSA) is 87.5 Å². The van der Waals surface area contributed by atoms with Crippen LogP contribution in [0.2, 0.25) is 5.02 Å². The van der Waals surface area contributed by atoms with Crippen LogP contribution < -0.4 is 19.5 Å². The first-order valence-corrected chi connectivity index (χ1v) is 11.7. The Kier molecular flexibility index (Phi) is 8.85. The van der Waals surface area contributed by atoms with Crippen molar-refractivity contribution in [1.82, 2.24) is 14.8 Å². The van der Waals surface area contributed by atoms with E-state index in [-0.39, 0.29) is 11.7 Å². The summed E-state index contributed by atoms with van der Waals surface area (Å²) in [7, 11) is 5.01. The van der Waals surface area contributed by atoms with E-state index in [1.165, 1.54) is 11.8 Å². The van der Waals surface area contributed by atoms with Crippen LogP contribution in [-0.2, 0) is 18.3 Å². The zero-order chi connectivity index (χ0) is 23.8. The van der Waals surface area contributed by atoms with E-state index in [4.69, 9.17) is 25.8 Å². The second-order valence-corrected chi connectivity index (χ2v) is 8.60. The first-order chi connectivity index (χ1) is 15.9. The zero-order valence-electron chi connectivity index (χ0n) is 19.1. The maximum absolute atomic E-state index is 12.5. The third-order valence-electron chi connectivity index (χ3n) is 4.88. The highest BCUT2D eigenvalue weighted by atomic mass is 35.5. The van der Waals surface area contributed by atoms with Crippen molar-refractivity contribution in [2.45, 2.75) is 24.9 Å². The number of hydrogen-bond acceptors (Lipinski definition) is 7. The van der Waals surface area contributed by atoms with Gasteiger partial charge in [-0.2, -0.15) is 0 Å². The normalized spacial score (nSPS) is 10.7. The van der Waals surface area contributed by atoms with Gasteiger partial charge in [-0.15, -0.1) is 10.2 Å². The molecule has 3 aromatic rings. The molecular formula is C23H27ClN4O4S. The number of aryl methyl sites for hydroxylation is 2. The van der Waals surface area contributed by atoms with Crippen molar-refractivity contribution in [3.05, 3.63) is 52.8 Å². The Balaban J connectivity index is 1.48. The number of aromatic nitrogens is 3. The number of carbonyl (C=O) groups is 1. The third-order valence-corrected chi connectivity index (χ3v) is 6.13. The summed E-state index contributed by atoms with van der Waals surface area (Å²) >= 11 is 7.30. The van der Waals surface area contributed by atoms with Crippen LogP contribution in [0, 0.1) is 6.92 Å². The summed E-state index contributed by atoms with van der Waals surface area (Å²) in [5.41, 5.74) is 1.56. The molecule has 0 aliphatic heterocycles. The lowest BCUT2D eigenvalue weighted by atomic mass is 10.2. The maximum atomic E-state index is 12.5. The van der Waals surface area contributed by atoms with E-state index < -0.39 is 0 Å². The number of thioether (sulfide) groups is 1. The Morgan fingerprint density at radius 1 is 1.12 bits per heavy atom. The molecule has 0 aliphatic carbocycles. The summed E-state index contributed by atoms with van der Waals surface area (Å²) < 4.78 is 18.2. The summed E-state index contributed by atoms with van der Waals surface area (Å²) in [5.74, 6) is 2.86. The lowest BCUT2D eigenvalue weighted by Gasteiger charge is -2.11. The quantitative estimate of drug-likeness (QED) is 0.312. The van der Waals surface area contributed by atoms with Gasteiger partial charge in [0.15, 0.2) is 5.16 Å². The molecule has 0 aliphatic rings. The number of carbonyl (C=O) groups excluding carboxylic acids is 1. The molecule has 1 aromatic heterocycles. The SMILES string of the molecule is COc1ccc(OC)c(NC(=O)CSc2nnc(CCCOc3ccc(Cl)cc3C)n2C)c1. The minimum atomic E-state index is -0.178. The molecule has 0 atom stereocenters. The van der Waals surface area contributed by atoms with E-state index >= 15 is 0 Å². The molecule has 33 heavy (non-hydrogen) atoms. The Labute approximate surface area is 202 Å². The van der Waals surface area contributed by atoms with Crippen LogP contribution in [0.5, 0.6) is 17.2 Å². The van der Waals surface area contributed by atoms with E-state index in [2.05, 4.69) is 15.5 Å². The van der Waals surface area contributed by atoms with Crippen LogP contribution in [0.25, 0.3) is 0 Å². The summed E-state index contributed by atoms with van der Waals surface area (Å²) in [5, 5.41) is 12.7. The molecule has 0 fully saturated rings. The summed E-state index contributed by atoms with van der Waals surface area (Å²) in [6, 6.07) is 10.8. The third kappa shape index (κ3) is 6.79. The van der Waals surface area contributed by atoms with E-state index in [1.54, 1.807) is 32.4 Å². The number of ether oxygens (including phenoxy) is 3. The van der Waals surface area contributed by atoms with Crippen molar-refractivity contribution in [2.24, 2.45) is 7.05 Å². The van der Waals surface area contributed by atoms with Crippen LogP contribution in [0.1, 0.15) is 17.8 Å². The van der Waals surface area contributed by atoms with Gasteiger partial charge in [0, 0.05) is 24.6 Å². The molecule has 10 heteroatoms. The Morgan fingerprint density at radius 3 is 2.64 bits per heavy atom. The Bertz CT molecular complexity index is 1110. The highest BCUT2D eigenvalue weighted by molar-refractivity contribution is 7.99. The van der Waals surface area contributed by atoms with Gasteiger partial charge in [0.25, 0.3) is 0 Å². The van der Waals surface area contributed by atoms with Crippen LogP contribution in [0.3, 0.4) is 0 Å². The molecular weight excluding hydrogens is 464 g/mol. The number of nitrogens with zero attached hydrogens (tertiary/aromatic N) is 3. The highest BCUT2D eigenvalue weighted by Gasteiger charge is 2.14. The van der Waals surface area contributed by atoms with Gasteiger partial charge in [-0.3, -0.25) is 4.79 Å². The van der Waals surface area contributed by atoms with Gasteiger partial charge in [-0.05, 0) is 49.2 Å². The minimum Gasteiger partial charge on any atom is -0.497 e. The van der Waals surface area contributed by atoms with Crippen LogP contribution in [0.15, 0.2) is 41.6 Å². The number of halogens is 1. The molecule has 1 amide bonds. The molecule has 0 spiro atoms. The fourth-order valence-electron chi connectivity index (χ4n) is 3.10. The minimum absolute atomic E-state index is 0.178. The molecule has 1 heterocycles. The first kappa shape index (κ1) is 24.7. The van der Waals surface area contributed by atoms with Crippen molar-refractivity contribution in [1.29, 1.82) is 0 Å². The average Bonchev–Trinajstić information content (AvgIpc) is 3.15. The van der Waals surface area contributed by atoms with Crippen molar-refractivity contribution in [3.63, 3.8) is 0 Å². The van der Waals surface area contributed by atoms with Crippen molar-refractivity contribution in [2.75, 3.05) is 31.9 Å². The Hall–Kier alpha value is -2.91. The average molecular weight is 491 g/mol. The van der Waals surface area contributed by atoms with Crippen molar-refractivity contribution in [3.8, 4) is 17.2 Å². The molecule has 176 valence electrons. The van der Waals surface area contributed by atoms with E-state index in [0.29, 0.717) is 40.4 Å². The molecule has 0 unspecified atom stereocenters. The number of amides is 1. The molecule has 1 N–H and O–H groups in total. The monoisotopic (exact) mass is 490 g/mol. The lowest BCUT2D eigenvalue weighted by Crippen LogP contribution is -2.15. The van der Waals surface area contributed by atoms with Crippen LogP contribution in [-0.4, -0.2) is 47.3 Å². The standard InChI is InChI=1S/C23H27ClN4O4S/c1-15-12-16(24)7-9-19(15)32-11-5-6-21-26-27-23(28(21)2)33-14-22(29)25-18-13-17(30-3)8-10-20(18)31-4/h7-10,12-13H,5-6,11,14H2,1-4H3,(H,25,29). The molecule has 8 nitrogen and oxygen atoms in total. The molecule has 2 aromatic carbocycles. The number of benzene rings is 2. The number of hydrogen-bond donors (Lipinski definition) is 1. The number of nitrogens with one attached hydrogen (secondary N) is 1. The molecule has 0 saturated heterocycles. The van der Waals surface area contributed by atoms with Gasteiger partial charge in [-0.25, -0.2) is 0 Å². The van der Waals surface area contributed by atoms with Crippen LogP contribution >= 0.6 is 23.4 Å². The first-order valence-electron chi connectivity index (χ1n) is 10.3. The van der Waals surface area contributed by atoms with Crippen LogP contribution in [0.4, 0.5) is 5.69 Å². The largest absolute Gasteiger partial charge is 0.497 e. The lowest BCUT2D eigenvalue weighted by molar-refractivity contribution is -0.113. The van der Waals surface area contributed by atoms with Gasteiger partial charge >= 0.3 is 0 Å². The smallest absolute Gasteiger partial charge is 0.234 e. The zero-order valence-corrected chi connectivity index (χ0v) is 20.6. The van der Waals surface area contributed by atoms with Gasteiger partial charge in [0.2, 0.25) is 5.91 Å². The summed E-state index contributed by atoms with van der Waals surface area (Å²) in [6.07, 6.45) is 1.50. The van der Waals surface area contributed by atoms with Gasteiger partial charge in [0.05, 0.1) is 32.3 Å². The fraction of sp³-hybridized carbons (Fsp3) is 0.348.